The normalized spacial score (nSPS) is 11.2. The second-order valence-corrected chi connectivity index (χ2v) is 8.35. The van der Waals surface area contributed by atoms with Crippen LogP contribution >= 0.6 is 0 Å². The summed E-state index contributed by atoms with van der Waals surface area (Å²) in [7, 11) is -3.77. The van der Waals surface area contributed by atoms with Gasteiger partial charge in [-0.3, -0.25) is 4.79 Å². The highest BCUT2D eigenvalue weighted by Crippen LogP contribution is 2.20. The van der Waals surface area contributed by atoms with E-state index < -0.39 is 9.84 Å². The molecule has 0 bridgehead atoms. The molecule has 1 N–H and O–H groups in total. The van der Waals surface area contributed by atoms with Crippen LogP contribution in [0.2, 0.25) is 0 Å². The Hall–Kier alpha value is -2.99. The highest BCUT2D eigenvalue weighted by atomic mass is 32.2. The smallest absolute Gasteiger partial charge is 0.255 e. The molecular weight excluding hydrogens is 372 g/mol. The number of nitrogens with zero attached hydrogens (tertiary/aromatic N) is 1. The number of carbonyl (C=O) groups is 1. The van der Waals surface area contributed by atoms with E-state index in [1.165, 1.54) is 30.0 Å². The molecule has 0 aliphatic heterocycles. The van der Waals surface area contributed by atoms with Crippen LogP contribution in [0.15, 0.2) is 82.8 Å². The van der Waals surface area contributed by atoms with Gasteiger partial charge in [0.2, 0.25) is 9.84 Å². The fourth-order valence-electron chi connectivity index (χ4n) is 2.77. The maximum atomic E-state index is 12.7. The summed E-state index contributed by atoms with van der Waals surface area (Å²) in [5, 5.41) is 2.76. The SMILES string of the molecule is CCCCc1ccc(NC(=O)c2cccc(S(=O)(=O)c3ccccn3)c2)cc1. The summed E-state index contributed by atoms with van der Waals surface area (Å²) in [6.07, 6.45) is 4.70. The fraction of sp³-hybridized carbons (Fsp3) is 0.182. The van der Waals surface area contributed by atoms with Gasteiger partial charge in [0, 0.05) is 17.4 Å². The predicted octanol–water partition coefficient (Wildman–Crippen LogP) is 4.51. The highest BCUT2D eigenvalue weighted by Gasteiger charge is 2.20. The minimum absolute atomic E-state index is 0.0359. The Bertz CT molecular complexity index is 1050. The zero-order valence-corrected chi connectivity index (χ0v) is 16.4. The average Bonchev–Trinajstić information content (AvgIpc) is 2.74. The van der Waals surface area contributed by atoms with Gasteiger partial charge in [-0.05, 0) is 60.9 Å². The molecule has 1 heterocycles. The molecule has 5 nitrogen and oxygen atoms in total. The summed E-state index contributed by atoms with van der Waals surface area (Å²) in [5.41, 5.74) is 2.17. The van der Waals surface area contributed by atoms with E-state index in [9.17, 15) is 13.2 Å². The van der Waals surface area contributed by atoms with Crippen molar-refractivity contribution in [2.45, 2.75) is 36.1 Å². The van der Waals surface area contributed by atoms with Crippen LogP contribution in [0.4, 0.5) is 5.69 Å². The fourth-order valence-corrected chi connectivity index (χ4v) is 4.01. The Morgan fingerprint density at radius 2 is 1.79 bits per heavy atom. The number of nitrogens with one attached hydrogen (secondary N) is 1. The minimum atomic E-state index is -3.77. The number of sulfone groups is 1. The zero-order chi connectivity index (χ0) is 20.0. The number of aryl methyl sites for hydroxylation is 1. The number of pyridine rings is 1. The molecule has 0 saturated carbocycles. The Morgan fingerprint density at radius 1 is 1.00 bits per heavy atom. The Kier molecular flexibility index (Phi) is 6.21. The molecule has 0 radical (unpaired) electrons. The first-order valence-corrected chi connectivity index (χ1v) is 10.7. The van der Waals surface area contributed by atoms with Crippen molar-refractivity contribution in [3.63, 3.8) is 0 Å². The van der Waals surface area contributed by atoms with Crippen molar-refractivity contribution in [1.82, 2.24) is 4.98 Å². The van der Waals surface area contributed by atoms with Gasteiger partial charge >= 0.3 is 0 Å². The quantitative estimate of drug-likeness (QED) is 0.640. The van der Waals surface area contributed by atoms with Crippen molar-refractivity contribution in [3.8, 4) is 0 Å². The van der Waals surface area contributed by atoms with Crippen molar-refractivity contribution < 1.29 is 13.2 Å². The lowest BCUT2D eigenvalue weighted by Crippen LogP contribution is -2.13. The Balaban J connectivity index is 1.77. The van der Waals surface area contributed by atoms with Crippen molar-refractivity contribution in [3.05, 3.63) is 84.1 Å². The maximum Gasteiger partial charge on any atom is 0.255 e. The molecule has 3 rings (SSSR count). The van der Waals surface area contributed by atoms with Crippen LogP contribution in [0.25, 0.3) is 0 Å². The van der Waals surface area contributed by atoms with Gasteiger partial charge in [-0.15, -0.1) is 0 Å². The number of anilines is 1. The van der Waals surface area contributed by atoms with Gasteiger partial charge in [-0.2, -0.15) is 0 Å². The Morgan fingerprint density at radius 3 is 2.46 bits per heavy atom. The van der Waals surface area contributed by atoms with Crippen LogP contribution in [0.1, 0.15) is 35.7 Å². The number of hydrogen-bond donors (Lipinski definition) is 1. The third-order valence-corrected chi connectivity index (χ3v) is 6.02. The zero-order valence-electron chi connectivity index (χ0n) is 15.6. The molecule has 3 aromatic rings. The summed E-state index contributed by atoms with van der Waals surface area (Å²) < 4.78 is 25.4. The summed E-state index contributed by atoms with van der Waals surface area (Å²) in [4.78, 5) is 16.5. The predicted molar refractivity (Wildman–Crippen MR) is 109 cm³/mol. The molecule has 2 aromatic carbocycles. The number of aromatic nitrogens is 1. The number of rotatable bonds is 7. The second-order valence-electron chi connectivity index (χ2n) is 6.45. The lowest BCUT2D eigenvalue weighted by Gasteiger charge is -2.08. The molecule has 6 heteroatoms. The van der Waals surface area contributed by atoms with E-state index in [2.05, 4.69) is 17.2 Å². The van der Waals surface area contributed by atoms with E-state index in [4.69, 9.17) is 0 Å². The lowest BCUT2D eigenvalue weighted by molar-refractivity contribution is 0.102. The molecule has 0 fully saturated rings. The van der Waals surface area contributed by atoms with Crippen LogP contribution in [0.3, 0.4) is 0 Å². The van der Waals surface area contributed by atoms with E-state index in [0.717, 1.165) is 19.3 Å². The molecule has 28 heavy (non-hydrogen) atoms. The molecular formula is C22H22N2O3S. The lowest BCUT2D eigenvalue weighted by atomic mass is 10.1. The first-order valence-electron chi connectivity index (χ1n) is 9.17. The standard InChI is InChI=1S/C22H22N2O3S/c1-2-3-7-17-11-13-19(14-12-17)24-22(25)18-8-6-9-20(16-18)28(26,27)21-10-4-5-15-23-21/h4-6,8-16H,2-3,7H2,1H3,(H,24,25). The summed E-state index contributed by atoms with van der Waals surface area (Å²) in [5.74, 6) is -0.362. The number of unbranched alkanes of at least 4 members (excludes halogenated alkanes) is 1. The first-order chi connectivity index (χ1) is 13.5. The number of carbonyl (C=O) groups excluding carboxylic acids is 1. The van der Waals surface area contributed by atoms with Gasteiger partial charge in [-0.25, -0.2) is 13.4 Å². The summed E-state index contributed by atoms with van der Waals surface area (Å²) >= 11 is 0. The minimum Gasteiger partial charge on any atom is -0.322 e. The van der Waals surface area contributed by atoms with Crippen LogP contribution in [-0.4, -0.2) is 19.3 Å². The molecule has 1 aromatic heterocycles. The number of hydrogen-bond acceptors (Lipinski definition) is 4. The Labute approximate surface area is 165 Å². The molecule has 0 spiro atoms. The van der Waals surface area contributed by atoms with Gasteiger partial charge < -0.3 is 5.32 Å². The third kappa shape index (κ3) is 4.64. The summed E-state index contributed by atoms with van der Waals surface area (Å²) in [6.45, 7) is 2.15. The van der Waals surface area contributed by atoms with E-state index in [-0.39, 0.29) is 21.4 Å². The first kappa shape index (κ1) is 19.8. The second kappa shape index (κ2) is 8.80. The maximum absolute atomic E-state index is 12.7. The van der Waals surface area contributed by atoms with Crippen LogP contribution in [0.5, 0.6) is 0 Å². The van der Waals surface area contributed by atoms with Gasteiger partial charge in [0.25, 0.3) is 5.91 Å². The van der Waals surface area contributed by atoms with Gasteiger partial charge in [-0.1, -0.05) is 37.6 Å². The van der Waals surface area contributed by atoms with E-state index >= 15 is 0 Å². The van der Waals surface area contributed by atoms with Crippen molar-refractivity contribution in [1.29, 1.82) is 0 Å². The van der Waals surface area contributed by atoms with E-state index in [1.807, 2.05) is 24.3 Å². The van der Waals surface area contributed by atoms with Crippen molar-refractivity contribution in [2.24, 2.45) is 0 Å². The largest absolute Gasteiger partial charge is 0.322 e. The van der Waals surface area contributed by atoms with Crippen LogP contribution in [-0.2, 0) is 16.3 Å². The highest BCUT2D eigenvalue weighted by molar-refractivity contribution is 7.91. The molecule has 0 aliphatic carbocycles. The van der Waals surface area contributed by atoms with E-state index in [1.54, 1.807) is 24.3 Å². The van der Waals surface area contributed by atoms with Crippen molar-refractivity contribution in [2.75, 3.05) is 5.32 Å². The molecule has 1 amide bonds. The van der Waals surface area contributed by atoms with Crippen LogP contribution in [0, 0.1) is 0 Å². The molecule has 0 unspecified atom stereocenters. The van der Waals surface area contributed by atoms with Gasteiger partial charge in [0.15, 0.2) is 5.03 Å². The monoisotopic (exact) mass is 394 g/mol. The summed E-state index contributed by atoms with van der Waals surface area (Å²) in [6, 6.07) is 18.4. The molecule has 0 atom stereocenters. The number of benzene rings is 2. The third-order valence-electron chi connectivity index (χ3n) is 4.35. The number of amides is 1. The average molecular weight is 394 g/mol. The molecule has 0 saturated heterocycles. The van der Waals surface area contributed by atoms with Gasteiger partial charge in [0.1, 0.15) is 0 Å². The van der Waals surface area contributed by atoms with Crippen LogP contribution < -0.4 is 5.32 Å². The topological polar surface area (TPSA) is 76.1 Å². The van der Waals surface area contributed by atoms with E-state index in [0.29, 0.717) is 5.69 Å². The molecule has 144 valence electrons. The van der Waals surface area contributed by atoms with Gasteiger partial charge in [0.05, 0.1) is 4.90 Å². The molecule has 0 aliphatic rings. The van der Waals surface area contributed by atoms with Crippen molar-refractivity contribution >= 4 is 21.4 Å².